The number of rotatable bonds is 6. The lowest BCUT2D eigenvalue weighted by Crippen LogP contribution is -3.07. The van der Waals surface area contributed by atoms with E-state index in [0.717, 1.165) is 16.1 Å². The molecular weight excluding hydrogens is 345 g/mol. The van der Waals surface area contributed by atoms with Gasteiger partial charge in [0.25, 0.3) is 0 Å². The summed E-state index contributed by atoms with van der Waals surface area (Å²) >= 11 is 11.6. The highest BCUT2D eigenvalue weighted by molar-refractivity contribution is 7.80. The fourth-order valence-corrected chi connectivity index (χ4v) is 2.85. The Balaban J connectivity index is 1.88. The molecule has 0 saturated carbocycles. The molecular formula is C18H22ClFN3S+. The normalized spacial score (nSPS) is 12.0. The number of thiocarbonyl (C=S) groups is 1. The molecule has 24 heavy (non-hydrogen) atoms. The van der Waals surface area contributed by atoms with Crippen LogP contribution in [-0.2, 0) is 6.54 Å². The summed E-state index contributed by atoms with van der Waals surface area (Å²) in [6.07, 6.45) is 0. The van der Waals surface area contributed by atoms with Crippen molar-refractivity contribution in [3.8, 4) is 0 Å². The Morgan fingerprint density at radius 3 is 2.42 bits per heavy atom. The van der Waals surface area contributed by atoms with Gasteiger partial charge in [-0.15, -0.1) is 0 Å². The first-order chi connectivity index (χ1) is 11.5. The molecule has 2 rings (SSSR count). The summed E-state index contributed by atoms with van der Waals surface area (Å²) in [4.78, 5) is 1.26. The predicted octanol–water partition coefficient (Wildman–Crippen LogP) is 2.33. The van der Waals surface area contributed by atoms with E-state index in [1.54, 1.807) is 12.1 Å². The van der Waals surface area contributed by atoms with Gasteiger partial charge in [0.15, 0.2) is 5.11 Å². The van der Waals surface area contributed by atoms with Gasteiger partial charge in [0.2, 0.25) is 0 Å². The number of hydrogen-bond acceptors (Lipinski definition) is 1. The van der Waals surface area contributed by atoms with Crippen LogP contribution in [0.25, 0.3) is 0 Å². The van der Waals surface area contributed by atoms with E-state index >= 15 is 0 Å². The number of likely N-dealkylation sites (N-methyl/N-ethyl adjacent to an activating group) is 1. The number of hydrogen-bond donors (Lipinski definition) is 3. The molecule has 0 radical (unpaired) electrons. The smallest absolute Gasteiger partial charge is 0.166 e. The lowest BCUT2D eigenvalue weighted by atomic mass is 10.1. The molecule has 3 nitrogen and oxygen atoms in total. The van der Waals surface area contributed by atoms with Crippen LogP contribution in [0.15, 0.2) is 48.5 Å². The highest BCUT2D eigenvalue weighted by atomic mass is 35.5. The van der Waals surface area contributed by atoms with Gasteiger partial charge in [-0.3, -0.25) is 0 Å². The number of benzene rings is 2. The first-order valence-corrected chi connectivity index (χ1v) is 8.56. The molecule has 0 aliphatic rings. The van der Waals surface area contributed by atoms with Crippen molar-refractivity contribution in [1.82, 2.24) is 10.6 Å². The highest BCUT2D eigenvalue weighted by Crippen LogP contribution is 2.20. The van der Waals surface area contributed by atoms with Crippen LogP contribution in [0.5, 0.6) is 0 Å². The molecule has 0 aliphatic heterocycles. The maximum absolute atomic E-state index is 12.9. The van der Waals surface area contributed by atoms with Crippen molar-refractivity contribution in [3.05, 3.63) is 70.5 Å². The van der Waals surface area contributed by atoms with E-state index in [2.05, 4.69) is 24.7 Å². The van der Waals surface area contributed by atoms with Crippen molar-refractivity contribution in [3.63, 3.8) is 0 Å². The van der Waals surface area contributed by atoms with Gasteiger partial charge in [-0.1, -0.05) is 41.9 Å². The van der Waals surface area contributed by atoms with E-state index in [-0.39, 0.29) is 11.9 Å². The van der Waals surface area contributed by atoms with E-state index < -0.39 is 0 Å². The molecule has 0 aromatic heterocycles. The largest absolute Gasteiger partial charge is 0.359 e. The number of quaternary nitrogens is 1. The van der Waals surface area contributed by atoms with Gasteiger partial charge in [0.1, 0.15) is 11.9 Å². The van der Waals surface area contributed by atoms with Crippen molar-refractivity contribution in [2.75, 3.05) is 20.6 Å². The molecule has 1 atom stereocenters. The van der Waals surface area contributed by atoms with Gasteiger partial charge in [-0.2, -0.15) is 0 Å². The van der Waals surface area contributed by atoms with Crippen LogP contribution in [0, 0.1) is 5.82 Å². The summed E-state index contributed by atoms with van der Waals surface area (Å²) in [7, 11) is 4.18. The summed E-state index contributed by atoms with van der Waals surface area (Å²) < 4.78 is 12.9. The molecule has 0 spiro atoms. The zero-order chi connectivity index (χ0) is 17.5. The molecule has 0 heterocycles. The van der Waals surface area contributed by atoms with E-state index in [4.69, 9.17) is 23.8 Å². The molecule has 0 fully saturated rings. The van der Waals surface area contributed by atoms with Crippen LogP contribution in [0.1, 0.15) is 17.2 Å². The molecule has 128 valence electrons. The zero-order valence-corrected chi connectivity index (χ0v) is 15.3. The second-order valence-corrected chi connectivity index (χ2v) is 6.66. The van der Waals surface area contributed by atoms with E-state index in [0.29, 0.717) is 18.2 Å². The van der Waals surface area contributed by atoms with Gasteiger partial charge in [-0.05, 0) is 36.0 Å². The average molecular weight is 367 g/mol. The zero-order valence-electron chi connectivity index (χ0n) is 13.8. The van der Waals surface area contributed by atoms with Crippen molar-refractivity contribution >= 4 is 28.9 Å². The standard InChI is InChI=1S/C18H21ClFN3S/c1-23(2)17(15-5-3-4-6-16(15)19)12-22-18(24)21-11-13-7-9-14(20)10-8-13/h3-10,17H,11-12H2,1-2H3,(H2,21,22,24)/p+1/t17-/m1/s1. The van der Waals surface area contributed by atoms with E-state index in [1.807, 2.05) is 24.3 Å². The molecule has 2 aromatic carbocycles. The molecule has 3 N–H and O–H groups in total. The minimum Gasteiger partial charge on any atom is -0.359 e. The Bertz CT molecular complexity index is 676. The molecule has 2 aromatic rings. The number of halogens is 2. The summed E-state index contributed by atoms with van der Waals surface area (Å²) in [5.74, 6) is -0.240. The fraction of sp³-hybridized carbons (Fsp3) is 0.278. The number of nitrogens with one attached hydrogen (secondary N) is 3. The van der Waals surface area contributed by atoms with Crippen LogP contribution < -0.4 is 15.5 Å². The van der Waals surface area contributed by atoms with Crippen LogP contribution >= 0.6 is 23.8 Å². The van der Waals surface area contributed by atoms with Gasteiger partial charge in [-0.25, -0.2) is 4.39 Å². The van der Waals surface area contributed by atoms with Crippen molar-refractivity contribution in [1.29, 1.82) is 0 Å². The lowest BCUT2D eigenvalue weighted by molar-refractivity contribution is -0.890. The van der Waals surface area contributed by atoms with Gasteiger partial charge >= 0.3 is 0 Å². The molecule has 0 saturated heterocycles. The van der Waals surface area contributed by atoms with Crippen LogP contribution in [0.3, 0.4) is 0 Å². The predicted molar refractivity (Wildman–Crippen MR) is 101 cm³/mol. The highest BCUT2D eigenvalue weighted by Gasteiger charge is 2.20. The Morgan fingerprint density at radius 1 is 1.12 bits per heavy atom. The Kier molecular flexibility index (Phi) is 6.97. The summed E-state index contributed by atoms with van der Waals surface area (Å²) in [6, 6.07) is 14.4. The average Bonchev–Trinajstić information content (AvgIpc) is 2.56. The van der Waals surface area contributed by atoms with Crippen LogP contribution in [-0.4, -0.2) is 25.8 Å². The third kappa shape index (κ3) is 5.44. The fourth-order valence-electron chi connectivity index (χ4n) is 2.42. The first kappa shape index (κ1) is 18.6. The van der Waals surface area contributed by atoms with Gasteiger partial charge < -0.3 is 15.5 Å². The molecule has 6 heteroatoms. The van der Waals surface area contributed by atoms with E-state index in [9.17, 15) is 4.39 Å². The summed E-state index contributed by atoms with van der Waals surface area (Å²) in [6.45, 7) is 1.22. The molecule has 0 unspecified atom stereocenters. The maximum Gasteiger partial charge on any atom is 0.166 e. The van der Waals surface area contributed by atoms with Gasteiger partial charge in [0, 0.05) is 17.1 Å². The van der Waals surface area contributed by atoms with Crippen LogP contribution in [0.2, 0.25) is 5.02 Å². The quantitative estimate of drug-likeness (QED) is 0.685. The first-order valence-electron chi connectivity index (χ1n) is 7.78. The van der Waals surface area contributed by atoms with Gasteiger partial charge in [0.05, 0.1) is 20.6 Å². The Hall–Kier alpha value is -1.69. The molecule has 0 aliphatic carbocycles. The minimum absolute atomic E-state index is 0.185. The second-order valence-electron chi connectivity index (χ2n) is 5.84. The maximum atomic E-state index is 12.9. The van der Waals surface area contributed by atoms with Crippen molar-refractivity contribution in [2.45, 2.75) is 12.6 Å². The van der Waals surface area contributed by atoms with Crippen molar-refractivity contribution < 1.29 is 9.29 Å². The lowest BCUT2D eigenvalue weighted by Gasteiger charge is -2.24. The van der Waals surface area contributed by atoms with Crippen molar-refractivity contribution in [2.24, 2.45) is 0 Å². The van der Waals surface area contributed by atoms with Crippen LogP contribution in [0.4, 0.5) is 4.39 Å². The Morgan fingerprint density at radius 2 is 1.79 bits per heavy atom. The summed E-state index contributed by atoms with van der Waals surface area (Å²) in [5.41, 5.74) is 2.06. The third-order valence-corrected chi connectivity index (χ3v) is 4.44. The SMILES string of the molecule is C[NH+](C)[C@H](CNC(=S)NCc1ccc(F)cc1)c1ccccc1Cl. The third-order valence-electron chi connectivity index (χ3n) is 3.81. The summed E-state index contributed by atoms with van der Waals surface area (Å²) in [5, 5.41) is 7.70. The second kappa shape index (κ2) is 8.97. The molecule has 0 amide bonds. The minimum atomic E-state index is -0.240. The van der Waals surface area contributed by atoms with E-state index in [1.165, 1.54) is 17.0 Å². The topological polar surface area (TPSA) is 28.5 Å². The monoisotopic (exact) mass is 366 g/mol. The molecule has 0 bridgehead atoms. The Labute approximate surface area is 152 Å².